The predicted octanol–water partition coefficient (Wildman–Crippen LogP) is 2.16. The Morgan fingerprint density at radius 2 is 2.38 bits per heavy atom. The molecular formula is C9H14N2S2. The van der Waals surface area contributed by atoms with Crippen LogP contribution in [0.25, 0.3) is 0 Å². The highest BCUT2D eigenvalue weighted by molar-refractivity contribution is 7.82. The number of aryl methyl sites for hydroxylation is 1. The highest BCUT2D eigenvalue weighted by Crippen LogP contribution is 2.32. The quantitative estimate of drug-likeness (QED) is 0.721. The van der Waals surface area contributed by atoms with Crippen LogP contribution >= 0.6 is 24.0 Å². The van der Waals surface area contributed by atoms with Crippen molar-refractivity contribution in [3.05, 3.63) is 10.7 Å². The third kappa shape index (κ3) is 1.90. The van der Waals surface area contributed by atoms with Gasteiger partial charge in [-0.1, -0.05) is 0 Å². The van der Waals surface area contributed by atoms with Crippen LogP contribution in [0.3, 0.4) is 0 Å². The van der Waals surface area contributed by atoms with Crippen LogP contribution in [-0.4, -0.2) is 30.0 Å². The van der Waals surface area contributed by atoms with Crippen LogP contribution in [0.5, 0.6) is 0 Å². The minimum Gasteiger partial charge on any atom is -0.306 e. The van der Waals surface area contributed by atoms with Crippen LogP contribution in [0.1, 0.15) is 23.0 Å². The van der Waals surface area contributed by atoms with Gasteiger partial charge in [0.05, 0.1) is 14.9 Å². The zero-order valence-corrected chi connectivity index (χ0v) is 9.66. The van der Waals surface area contributed by atoms with E-state index in [2.05, 4.69) is 29.6 Å². The Morgan fingerprint density at radius 3 is 2.85 bits per heavy atom. The SMILES string of the molecule is Cc1nc(C2CCN(C)C2)sc1S. The van der Waals surface area contributed by atoms with Crippen molar-refractivity contribution in [1.82, 2.24) is 9.88 Å². The summed E-state index contributed by atoms with van der Waals surface area (Å²) >= 11 is 6.12. The number of hydrogen-bond donors (Lipinski definition) is 1. The summed E-state index contributed by atoms with van der Waals surface area (Å²) in [4.78, 5) is 6.90. The van der Waals surface area contributed by atoms with Crippen molar-refractivity contribution in [2.75, 3.05) is 20.1 Å². The molecule has 1 aliphatic rings. The maximum absolute atomic E-state index is 4.54. The molecule has 0 radical (unpaired) electrons. The summed E-state index contributed by atoms with van der Waals surface area (Å²) < 4.78 is 1.07. The molecule has 1 fully saturated rings. The van der Waals surface area contributed by atoms with Gasteiger partial charge in [0.15, 0.2) is 0 Å². The molecule has 13 heavy (non-hydrogen) atoms. The predicted molar refractivity (Wildman–Crippen MR) is 59.0 cm³/mol. The molecule has 0 aliphatic carbocycles. The van der Waals surface area contributed by atoms with Crippen molar-refractivity contribution in [2.45, 2.75) is 23.5 Å². The second kappa shape index (κ2) is 3.59. The standard InChI is InChI=1S/C9H14N2S2/c1-6-9(12)13-8(10-6)7-3-4-11(2)5-7/h7,12H,3-5H2,1-2H3. The van der Waals surface area contributed by atoms with E-state index in [4.69, 9.17) is 0 Å². The average molecular weight is 214 g/mol. The van der Waals surface area contributed by atoms with Crippen LogP contribution in [-0.2, 0) is 0 Å². The fourth-order valence-corrected chi connectivity index (χ4v) is 2.98. The number of aromatic nitrogens is 1. The lowest BCUT2D eigenvalue weighted by molar-refractivity contribution is 0.411. The van der Waals surface area contributed by atoms with Gasteiger partial charge >= 0.3 is 0 Å². The maximum Gasteiger partial charge on any atom is 0.0984 e. The number of thiazole rings is 1. The molecule has 1 aromatic heterocycles. The number of hydrogen-bond acceptors (Lipinski definition) is 4. The third-order valence-electron chi connectivity index (χ3n) is 2.53. The lowest BCUT2D eigenvalue weighted by Gasteiger charge is -2.06. The Bertz CT molecular complexity index is 289. The average Bonchev–Trinajstić information content (AvgIpc) is 2.61. The van der Waals surface area contributed by atoms with E-state index >= 15 is 0 Å². The third-order valence-corrected chi connectivity index (χ3v) is 4.25. The van der Waals surface area contributed by atoms with Gasteiger partial charge < -0.3 is 4.90 Å². The van der Waals surface area contributed by atoms with Crippen LogP contribution in [0.4, 0.5) is 0 Å². The first-order chi connectivity index (χ1) is 6.16. The van der Waals surface area contributed by atoms with Crippen LogP contribution in [0.15, 0.2) is 4.21 Å². The molecule has 72 valence electrons. The summed E-state index contributed by atoms with van der Waals surface area (Å²) in [7, 11) is 2.17. The van der Waals surface area contributed by atoms with E-state index in [9.17, 15) is 0 Å². The molecule has 0 amide bonds. The monoisotopic (exact) mass is 214 g/mol. The van der Waals surface area contributed by atoms with Crippen molar-refractivity contribution in [3.63, 3.8) is 0 Å². The number of likely N-dealkylation sites (tertiary alicyclic amines) is 1. The first kappa shape index (κ1) is 9.49. The smallest absolute Gasteiger partial charge is 0.0984 e. The van der Waals surface area contributed by atoms with Gasteiger partial charge in [-0.3, -0.25) is 0 Å². The molecule has 4 heteroatoms. The minimum atomic E-state index is 0.648. The second-order valence-corrected chi connectivity index (χ2v) is 5.47. The highest BCUT2D eigenvalue weighted by atomic mass is 32.2. The molecule has 0 bridgehead atoms. The number of thiol groups is 1. The molecule has 1 aliphatic heterocycles. The fraction of sp³-hybridized carbons (Fsp3) is 0.667. The van der Waals surface area contributed by atoms with E-state index in [1.165, 1.54) is 18.0 Å². The molecule has 1 saturated heterocycles. The zero-order valence-electron chi connectivity index (χ0n) is 7.95. The summed E-state index contributed by atoms with van der Waals surface area (Å²) in [6.45, 7) is 4.38. The molecule has 0 N–H and O–H groups in total. The summed E-state index contributed by atoms with van der Waals surface area (Å²) in [5.41, 5.74) is 1.08. The van der Waals surface area contributed by atoms with E-state index < -0.39 is 0 Å². The van der Waals surface area contributed by atoms with Crippen LogP contribution in [0, 0.1) is 6.92 Å². The van der Waals surface area contributed by atoms with E-state index in [0.29, 0.717) is 5.92 Å². The molecule has 0 saturated carbocycles. The molecule has 2 nitrogen and oxygen atoms in total. The van der Waals surface area contributed by atoms with Gasteiger partial charge in [-0.05, 0) is 26.9 Å². The van der Waals surface area contributed by atoms with Gasteiger partial charge in [-0.25, -0.2) is 4.98 Å². The van der Waals surface area contributed by atoms with Gasteiger partial charge in [-0.2, -0.15) is 0 Å². The van der Waals surface area contributed by atoms with Crippen molar-refractivity contribution in [3.8, 4) is 0 Å². The fourth-order valence-electron chi connectivity index (χ4n) is 1.72. The van der Waals surface area contributed by atoms with E-state index in [1.807, 2.05) is 6.92 Å². The molecule has 2 rings (SSSR count). The van der Waals surface area contributed by atoms with Gasteiger partial charge in [0, 0.05) is 12.5 Å². The lowest BCUT2D eigenvalue weighted by Crippen LogP contribution is -2.13. The number of rotatable bonds is 1. The molecule has 0 spiro atoms. The topological polar surface area (TPSA) is 16.1 Å². The van der Waals surface area contributed by atoms with E-state index in [-0.39, 0.29) is 0 Å². The van der Waals surface area contributed by atoms with Gasteiger partial charge in [0.1, 0.15) is 0 Å². The number of nitrogens with zero attached hydrogens (tertiary/aromatic N) is 2. The normalized spacial score (nSPS) is 24.1. The Hall–Kier alpha value is -0.0600. The van der Waals surface area contributed by atoms with E-state index in [0.717, 1.165) is 16.4 Å². The Labute approximate surface area is 88.4 Å². The summed E-state index contributed by atoms with van der Waals surface area (Å²) in [5.74, 6) is 0.648. The summed E-state index contributed by atoms with van der Waals surface area (Å²) in [6, 6.07) is 0. The molecule has 1 aromatic rings. The van der Waals surface area contributed by atoms with Crippen molar-refractivity contribution < 1.29 is 0 Å². The largest absolute Gasteiger partial charge is 0.306 e. The molecular weight excluding hydrogens is 200 g/mol. The second-order valence-electron chi connectivity index (χ2n) is 3.69. The molecule has 1 unspecified atom stereocenters. The van der Waals surface area contributed by atoms with Gasteiger partial charge in [0.25, 0.3) is 0 Å². The first-order valence-corrected chi connectivity index (χ1v) is 5.78. The Kier molecular flexibility index (Phi) is 2.62. The van der Waals surface area contributed by atoms with Crippen molar-refractivity contribution in [1.29, 1.82) is 0 Å². The van der Waals surface area contributed by atoms with Crippen molar-refractivity contribution in [2.24, 2.45) is 0 Å². The number of likely N-dealkylation sites (N-methyl/N-ethyl adjacent to an activating group) is 1. The molecule has 0 aromatic carbocycles. The maximum atomic E-state index is 4.54. The van der Waals surface area contributed by atoms with Crippen LogP contribution in [0.2, 0.25) is 0 Å². The zero-order chi connectivity index (χ0) is 9.42. The van der Waals surface area contributed by atoms with E-state index in [1.54, 1.807) is 11.3 Å². The highest BCUT2D eigenvalue weighted by Gasteiger charge is 2.24. The molecule has 1 atom stereocenters. The minimum absolute atomic E-state index is 0.648. The van der Waals surface area contributed by atoms with Gasteiger partial charge in [-0.15, -0.1) is 24.0 Å². The van der Waals surface area contributed by atoms with Crippen molar-refractivity contribution >= 4 is 24.0 Å². The summed E-state index contributed by atoms with van der Waals surface area (Å²) in [5, 5.41) is 1.27. The lowest BCUT2D eigenvalue weighted by atomic mass is 10.1. The van der Waals surface area contributed by atoms with Gasteiger partial charge in [0.2, 0.25) is 0 Å². The summed E-state index contributed by atoms with van der Waals surface area (Å²) in [6.07, 6.45) is 1.25. The first-order valence-electron chi connectivity index (χ1n) is 4.51. The van der Waals surface area contributed by atoms with Crippen LogP contribution < -0.4 is 0 Å². The molecule has 2 heterocycles. The Balaban J connectivity index is 2.17. The Morgan fingerprint density at radius 1 is 1.62 bits per heavy atom.